The third kappa shape index (κ3) is 5.78. The van der Waals surface area contributed by atoms with Gasteiger partial charge >= 0.3 is 0 Å². The Labute approximate surface area is 213 Å². The minimum Gasteiger partial charge on any atom is -0.361 e. The first-order chi connectivity index (χ1) is 15.6. The summed E-state index contributed by atoms with van der Waals surface area (Å²) in [5, 5.41) is 1.13. The molecule has 2 aromatic rings. The smallest absolute Gasteiger partial charge is 0.249 e. The molecule has 186 valence electrons. The Morgan fingerprint density at radius 1 is 0.971 bits per heavy atom. The number of benzene rings is 2. The first-order valence-corrected chi connectivity index (χ1v) is 13.7. The van der Waals surface area contributed by atoms with Gasteiger partial charge in [0.25, 0.3) is 0 Å². The van der Waals surface area contributed by atoms with Crippen LogP contribution < -0.4 is 0 Å². The molecule has 1 unspecified atom stereocenters. The Kier molecular flexibility index (Phi) is 7.79. The van der Waals surface area contributed by atoms with Gasteiger partial charge in [0.1, 0.15) is 12.7 Å². The molecule has 1 aliphatic heterocycles. The topological polar surface area (TPSA) is 63.7 Å². The summed E-state index contributed by atoms with van der Waals surface area (Å²) >= 11 is 12.4. The minimum atomic E-state index is -3.53. The van der Waals surface area contributed by atoms with Gasteiger partial charge in [-0.05, 0) is 61.6 Å². The molecule has 34 heavy (non-hydrogen) atoms. The molecule has 0 spiro atoms. The Morgan fingerprint density at radius 2 is 1.59 bits per heavy atom. The molecular formula is C26H33Cl2NO4S. The van der Waals surface area contributed by atoms with Gasteiger partial charge in [-0.2, -0.15) is 0 Å². The molecule has 3 rings (SSSR count). The van der Waals surface area contributed by atoms with Crippen LogP contribution in [0.4, 0.5) is 0 Å². The molecule has 1 fully saturated rings. The Hall–Kier alpha value is -1.60. The van der Waals surface area contributed by atoms with Crippen LogP contribution in [0, 0.1) is 5.41 Å². The number of nitrogens with zero attached hydrogens (tertiary/aromatic N) is 1. The fourth-order valence-corrected chi connectivity index (χ4v) is 6.06. The van der Waals surface area contributed by atoms with E-state index in [1.54, 1.807) is 43.9 Å². The van der Waals surface area contributed by atoms with Gasteiger partial charge in [0.05, 0.1) is 22.6 Å². The van der Waals surface area contributed by atoms with Crippen molar-refractivity contribution in [2.24, 2.45) is 5.41 Å². The second kappa shape index (κ2) is 9.81. The van der Waals surface area contributed by atoms with Gasteiger partial charge < -0.3 is 9.64 Å². The number of hydrogen-bond acceptors (Lipinski definition) is 4. The van der Waals surface area contributed by atoms with Crippen molar-refractivity contribution in [1.82, 2.24) is 4.90 Å². The Balaban J connectivity index is 2.20. The normalized spacial score (nSPS) is 20.9. The molecule has 1 amide bonds. The number of rotatable bonds is 5. The van der Waals surface area contributed by atoms with Crippen molar-refractivity contribution in [3.05, 3.63) is 69.7 Å². The lowest BCUT2D eigenvalue weighted by atomic mass is 9.83. The molecule has 0 bridgehead atoms. The number of morpholine rings is 1. The molecule has 0 saturated carbocycles. The van der Waals surface area contributed by atoms with Gasteiger partial charge in [-0.15, -0.1) is 0 Å². The lowest BCUT2D eigenvalue weighted by molar-refractivity contribution is -0.166. The summed E-state index contributed by atoms with van der Waals surface area (Å²) in [6.45, 7) is 10.8. The van der Waals surface area contributed by atoms with E-state index in [-0.39, 0.29) is 18.3 Å². The van der Waals surface area contributed by atoms with E-state index in [2.05, 4.69) is 0 Å². The van der Waals surface area contributed by atoms with Crippen molar-refractivity contribution in [3.8, 4) is 0 Å². The number of amides is 1. The van der Waals surface area contributed by atoms with E-state index in [4.69, 9.17) is 27.9 Å². The van der Waals surface area contributed by atoms with Crippen molar-refractivity contribution in [1.29, 1.82) is 0 Å². The molecule has 0 radical (unpaired) electrons. The van der Waals surface area contributed by atoms with E-state index in [1.807, 2.05) is 51.1 Å². The highest BCUT2D eigenvalue weighted by atomic mass is 35.5. The highest BCUT2D eigenvalue weighted by Crippen LogP contribution is 2.45. The van der Waals surface area contributed by atoms with Gasteiger partial charge in [-0.3, -0.25) is 4.79 Å². The number of sulfone groups is 1. The Morgan fingerprint density at radius 3 is 2.12 bits per heavy atom. The Bertz CT molecular complexity index is 1130. The van der Waals surface area contributed by atoms with E-state index >= 15 is 0 Å². The van der Waals surface area contributed by atoms with Crippen LogP contribution in [-0.4, -0.2) is 42.4 Å². The van der Waals surface area contributed by atoms with Gasteiger partial charge in [0.2, 0.25) is 5.91 Å². The maximum absolute atomic E-state index is 13.5. The van der Waals surface area contributed by atoms with E-state index in [1.165, 1.54) is 0 Å². The third-order valence-electron chi connectivity index (χ3n) is 6.30. The maximum Gasteiger partial charge on any atom is 0.249 e. The molecule has 0 aromatic heterocycles. The van der Waals surface area contributed by atoms with E-state index in [9.17, 15) is 13.2 Å². The quantitative estimate of drug-likeness (QED) is 0.461. The first-order valence-electron chi connectivity index (χ1n) is 11.3. The van der Waals surface area contributed by atoms with Gasteiger partial charge in [0, 0.05) is 10.0 Å². The number of carbonyl (C=O) groups excluding carboxylic acids is 1. The number of ether oxygens (including phenoxy) is 1. The summed E-state index contributed by atoms with van der Waals surface area (Å²) < 4.78 is 31.8. The highest BCUT2D eigenvalue weighted by Gasteiger charge is 2.48. The van der Waals surface area contributed by atoms with Crippen molar-refractivity contribution in [3.63, 3.8) is 0 Å². The van der Waals surface area contributed by atoms with Crippen LogP contribution in [0.2, 0.25) is 10.0 Å². The fourth-order valence-electron chi connectivity index (χ4n) is 4.16. The molecule has 1 saturated heterocycles. The molecule has 1 aliphatic rings. The van der Waals surface area contributed by atoms with Crippen molar-refractivity contribution in [2.75, 3.05) is 12.4 Å². The van der Waals surface area contributed by atoms with Crippen molar-refractivity contribution in [2.45, 2.75) is 64.5 Å². The second-order valence-electron chi connectivity index (χ2n) is 10.9. The molecule has 8 heteroatoms. The highest BCUT2D eigenvalue weighted by molar-refractivity contribution is 7.92. The lowest BCUT2D eigenvalue weighted by Gasteiger charge is -2.49. The van der Waals surface area contributed by atoms with Crippen LogP contribution >= 0.6 is 23.2 Å². The molecule has 0 N–H and O–H groups in total. The largest absolute Gasteiger partial charge is 0.361 e. The average Bonchev–Trinajstić information content (AvgIpc) is 2.71. The fraction of sp³-hybridized carbons (Fsp3) is 0.500. The van der Waals surface area contributed by atoms with Crippen LogP contribution in [0.15, 0.2) is 48.5 Å². The average molecular weight is 527 g/mol. The zero-order valence-corrected chi connectivity index (χ0v) is 22.8. The molecule has 0 aliphatic carbocycles. The summed E-state index contributed by atoms with van der Waals surface area (Å²) in [7, 11) is -3.53. The van der Waals surface area contributed by atoms with E-state index < -0.39 is 38.2 Å². The summed E-state index contributed by atoms with van der Waals surface area (Å²) in [6.07, 6.45) is -0.528. The van der Waals surface area contributed by atoms with Crippen LogP contribution in [0.1, 0.15) is 64.8 Å². The summed E-state index contributed by atoms with van der Waals surface area (Å²) in [6, 6.07) is 13.4. The zero-order valence-electron chi connectivity index (χ0n) is 20.5. The van der Waals surface area contributed by atoms with Gasteiger partial charge in [-0.1, -0.05) is 68.2 Å². The van der Waals surface area contributed by atoms with Crippen LogP contribution in [0.5, 0.6) is 0 Å². The number of hydrogen-bond donors (Lipinski definition) is 0. The van der Waals surface area contributed by atoms with Crippen molar-refractivity contribution >= 4 is 38.9 Å². The molecule has 2 aromatic carbocycles. The standard InChI is InChI=1S/C26H33Cl2NO4S/c1-25(2,3)21(16-34(31,32)26(4,5)6)29-22(30)15-33-24(18-8-7-9-20(28)14-18)23(29)17-10-12-19(27)13-11-17/h7-14,21,23-24H,15-16H2,1-6H3/t21-,23+,24?/m0/s1. The molecule has 3 atom stereocenters. The lowest BCUT2D eigenvalue weighted by Crippen LogP contribution is -2.58. The summed E-state index contributed by atoms with van der Waals surface area (Å²) in [5.41, 5.74) is 1.11. The predicted molar refractivity (Wildman–Crippen MR) is 138 cm³/mol. The van der Waals surface area contributed by atoms with E-state index in [0.29, 0.717) is 10.0 Å². The zero-order chi connectivity index (χ0) is 25.5. The second-order valence-corrected chi connectivity index (χ2v) is 14.5. The predicted octanol–water partition coefficient (Wildman–Crippen LogP) is 6.26. The molecule has 1 heterocycles. The third-order valence-corrected chi connectivity index (χ3v) is 9.40. The molecular weight excluding hydrogens is 493 g/mol. The number of halogens is 2. The number of carbonyl (C=O) groups is 1. The van der Waals surface area contributed by atoms with Crippen LogP contribution in [0.25, 0.3) is 0 Å². The van der Waals surface area contributed by atoms with Gasteiger partial charge in [0.15, 0.2) is 9.84 Å². The summed E-state index contributed by atoms with van der Waals surface area (Å²) in [5.74, 6) is -0.403. The first kappa shape index (κ1) is 27.0. The SMILES string of the molecule is CC(C)(C)[C@H](CS(=O)(=O)C(C)(C)C)N1C(=O)COC(c2cccc(Cl)c2)[C@H]1c1ccc(Cl)cc1. The maximum atomic E-state index is 13.5. The monoisotopic (exact) mass is 525 g/mol. The van der Waals surface area contributed by atoms with E-state index in [0.717, 1.165) is 11.1 Å². The molecule has 5 nitrogen and oxygen atoms in total. The summed E-state index contributed by atoms with van der Waals surface area (Å²) in [4.78, 5) is 15.2. The minimum absolute atomic E-state index is 0.149. The van der Waals surface area contributed by atoms with Crippen LogP contribution in [0.3, 0.4) is 0 Å². The van der Waals surface area contributed by atoms with Gasteiger partial charge in [-0.25, -0.2) is 8.42 Å². The van der Waals surface area contributed by atoms with Crippen molar-refractivity contribution < 1.29 is 17.9 Å². The van der Waals surface area contributed by atoms with Crippen LogP contribution in [-0.2, 0) is 19.4 Å².